The minimum atomic E-state index is -1.76. The second-order valence-corrected chi connectivity index (χ2v) is 11.2. The molecule has 6 heteroatoms. The van der Waals surface area contributed by atoms with E-state index < -0.39 is 7.87 Å². The Morgan fingerprint density at radius 1 is 0.517 bits per heavy atom. The van der Waals surface area contributed by atoms with E-state index in [-0.39, 0.29) is 24.0 Å². The molecule has 0 radical (unpaired) electrons. The molecule has 0 amide bonds. The summed E-state index contributed by atoms with van der Waals surface area (Å²) in [4.78, 5) is 0. The Kier molecular flexibility index (Phi) is 21.8. The highest BCUT2D eigenvalue weighted by Crippen LogP contribution is 2.65. The molecule has 4 nitrogen and oxygen atoms in total. The molecule has 0 aliphatic rings. The molecule has 0 aliphatic carbocycles. The highest BCUT2D eigenvalue weighted by molar-refractivity contribution is 7.67. The van der Waals surface area contributed by atoms with E-state index in [0.717, 1.165) is 0 Å². The number of hydrogen-bond donors (Lipinski definition) is 1. The molecule has 1 N–H and O–H groups in total. The summed E-state index contributed by atoms with van der Waals surface area (Å²) in [6.45, 7) is 26.0. The molecule has 0 heterocycles. The Morgan fingerprint density at radius 3 is 0.931 bits per heavy atom. The predicted molar refractivity (Wildman–Crippen MR) is 131 cm³/mol. The van der Waals surface area contributed by atoms with E-state index in [0.29, 0.717) is 6.04 Å². The highest BCUT2D eigenvalue weighted by atomic mass is 127. The van der Waals surface area contributed by atoms with E-state index >= 15 is 0 Å². The minimum absolute atomic E-state index is 0. The summed E-state index contributed by atoms with van der Waals surface area (Å²) in [5.41, 5.74) is 0. The number of hydrogen-bond acceptors (Lipinski definition) is 4. The van der Waals surface area contributed by atoms with Gasteiger partial charge in [-0.3, -0.25) is 0 Å². The van der Waals surface area contributed by atoms with E-state index in [1.165, 1.54) is 90.6 Å². The van der Waals surface area contributed by atoms with Crippen LogP contribution in [-0.2, 0) is 0 Å². The fourth-order valence-corrected chi connectivity index (χ4v) is 9.51. The standard InChI is InChI=1S/C23H54N4P.HI/c1-9-17-25(18-10-2)28(24-23(15-7)16-8,26(19-11-3)20-12-4)27(21-13-5)22-14-6;/h23-24H,9-22H2,1-8H3;1H/q+1;/p-1. The Morgan fingerprint density at radius 2 is 0.759 bits per heavy atom. The van der Waals surface area contributed by atoms with Crippen molar-refractivity contribution in [3.05, 3.63) is 0 Å². The van der Waals surface area contributed by atoms with Gasteiger partial charge in [-0.2, -0.15) is 0 Å². The lowest BCUT2D eigenvalue weighted by molar-refractivity contribution is -0.00000689. The Bertz CT molecular complexity index is 297. The summed E-state index contributed by atoms with van der Waals surface area (Å²) in [6.07, 6.45) is 9.78. The van der Waals surface area contributed by atoms with Crippen LogP contribution >= 0.6 is 7.87 Å². The third-order valence-electron chi connectivity index (χ3n) is 5.41. The van der Waals surface area contributed by atoms with Crippen LogP contribution in [0.25, 0.3) is 0 Å². The quantitative estimate of drug-likeness (QED) is 0.197. The summed E-state index contributed by atoms with van der Waals surface area (Å²) in [6, 6.07) is 0.594. The van der Waals surface area contributed by atoms with Gasteiger partial charge in [-0.1, -0.05) is 55.4 Å². The fraction of sp³-hybridized carbons (Fsp3) is 1.00. The van der Waals surface area contributed by atoms with Gasteiger partial charge in [-0.25, -0.2) is 0 Å². The number of rotatable bonds is 19. The van der Waals surface area contributed by atoms with Gasteiger partial charge in [0.15, 0.2) is 0 Å². The Balaban J connectivity index is 0. The molecule has 29 heavy (non-hydrogen) atoms. The molecule has 0 aromatic heterocycles. The van der Waals surface area contributed by atoms with Crippen molar-refractivity contribution in [1.82, 2.24) is 19.1 Å². The molecule has 0 aromatic rings. The van der Waals surface area contributed by atoms with Crippen molar-refractivity contribution in [1.29, 1.82) is 0 Å². The summed E-state index contributed by atoms with van der Waals surface area (Å²) in [5.74, 6) is 0. The molecular formula is C23H54IN4P. The monoisotopic (exact) mass is 544 g/mol. The van der Waals surface area contributed by atoms with Crippen LogP contribution in [0, 0.1) is 0 Å². The normalized spacial score (nSPS) is 12.4. The van der Waals surface area contributed by atoms with Crippen LogP contribution in [0.3, 0.4) is 0 Å². The average Bonchev–Trinajstić information content (AvgIpc) is 2.69. The number of halogens is 1. The average molecular weight is 545 g/mol. The Hall–Kier alpha value is 1.00. The summed E-state index contributed by atoms with van der Waals surface area (Å²) >= 11 is 0. The van der Waals surface area contributed by atoms with Crippen LogP contribution in [0.4, 0.5) is 0 Å². The lowest BCUT2D eigenvalue weighted by Crippen LogP contribution is -3.00. The molecule has 0 aromatic carbocycles. The third kappa shape index (κ3) is 9.99. The molecular weight excluding hydrogens is 490 g/mol. The summed E-state index contributed by atoms with van der Waals surface area (Å²) in [7, 11) is -1.76. The molecule has 0 rings (SSSR count). The highest BCUT2D eigenvalue weighted by Gasteiger charge is 2.56. The maximum absolute atomic E-state index is 4.36. The second kappa shape index (κ2) is 19.7. The van der Waals surface area contributed by atoms with Gasteiger partial charge in [-0.05, 0) is 51.4 Å². The van der Waals surface area contributed by atoms with Crippen molar-refractivity contribution < 1.29 is 24.0 Å². The zero-order chi connectivity index (χ0) is 21.4. The SMILES string of the molecule is CCCN(CCC)[P+](NC(CC)CC)(N(CCC)CCC)N(CCC)CCC.[I-]. The zero-order valence-electron chi connectivity index (χ0n) is 21.1. The van der Waals surface area contributed by atoms with Crippen molar-refractivity contribution in [2.45, 2.75) is 113 Å². The van der Waals surface area contributed by atoms with E-state index in [1.807, 2.05) is 0 Å². The first kappa shape index (κ1) is 32.2. The number of nitrogens with one attached hydrogen (secondary N) is 1. The van der Waals surface area contributed by atoms with Gasteiger partial charge in [0, 0.05) is 45.3 Å². The molecule has 0 aliphatic heterocycles. The number of nitrogens with zero attached hydrogens (tertiary/aromatic N) is 3. The second-order valence-electron chi connectivity index (χ2n) is 8.07. The molecule has 0 fully saturated rings. The molecule has 178 valence electrons. The van der Waals surface area contributed by atoms with Crippen LogP contribution in [0.2, 0.25) is 0 Å². The molecule has 0 bridgehead atoms. The molecule has 0 spiro atoms. The van der Waals surface area contributed by atoms with Crippen LogP contribution in [-0.4, -0.2) is 59.3 Å². The van der Waals surface area contributed by atoms with E-state index in [2.05, 4.69) is 74.5 Å². The van der Waals surface area contributed by atoms with Crippen molar-refractivity contribution in [3.8, 4) is 0 Å². The maximum Gasteiger partial charge on any atom is 0.306 e. The fourth-order valence-electron chi connectivity index (χ4n) is 4.22. The van der Waals surface area contributed by atoms with Crippen LogP contribution in [0.15, 0.2) is 0 Å². The molecule has 0 saturated heterocycles. The summed E-state index contributed by atoms with van der Waals surface area (Å²) < 4.78 is 8.67. The van der Waals surface area contributed by atoms with Crippen molar-refractivity contribution in [2.75, 3.05) is 39.3 Å². The first-order valence-electron chi connectivity index (χ1n) is 12.5. The predicted octanol–water partition coefficient (Wildman–Crippen LogP) is 3.81. The molecule has 0 unspecified atom stereocenters. The largest absolute Gasteiger partial charge is 1.00 e. The van der Waals surface area contributed by atoms with E-state index in [1.54, 1.807) is 0 Å². The van der Waals surface area contributed by atoms with E-state index in [4.69, 9.17) is 0 Å². The van der Waals surface area contributed by atoms with Gasteiger partial charge in [0.25, 0.3) is 0 Å². The van der Waals surface area contributed by atoms with Crippen LogP contribution in [0.5, 0.6) is 0 Å². The maximum atomic E-state index is 4.36. The van der Waals surface area contributed by atoms with Gasteiger partial charge in [-0.15, -0.1) is 19.1 Å². The van der Waals surface area contributed by atoms with Crippen LogP contribution < -0.4 is 29.1 Å². The first-order chi connectivity index (χ1) is 13.6. The van der Waals surface area contributed by atoms with Gasteiger partial charge < -0.3 is 24.0 Å². The lowest BCUT2D eigenvalue weighted by atomic mass is 10.2. The van der Waals surface area contributed by atoms with Crippen LogP contribution in [0.1, 0.15) is 107 Å². The summed E-state index contributed by atoms with van der Waals surface area (Å²) in [5, 5.41) is 4.36. The van der Waals surface area contributed by atoms with Gasteiger partial charge in [0.1, 0.15) is 0 Å². The van der Waals surface area contributed by atoms with Gasteiger partial charge >= 0.3 is 7.87 Å². The lowest BCUT2D eigenvalue weighted by Gasteiger charge is -2.48. The molecule has 0 saturated carbocycles. The Labute approximate surface area is 202 Å². The topological polar surface area (TPSA) is 21.8 Å². The first-order valence-corrected chi connectivity index (χ1v) is 14.1. The third-order valence-corrected chi connectivity index (χ3v) is 9.69. The van der Waals surface area contributed by atoms with Gasteiger partial charge in [0.2, 0.25) is 0 Å². The minimum Gasteiger partial charge on any atom is -1.00 e. The van der Waals surface area contributed by atoms with Crippen molar-refractivity contribution in [3.63, 3.8) is 0 Å². The van der Waals surface area contributed by atoms with E-state index in [9.17, 15) is 0 Å². The molecule has 0 atom stereocenters. The van der Waals surface area contributed by atoms with Crippen molar-refractivity contribution >= 4 is 7.87 Å². The zero-order valence-corrected chi connectivity index (χ0v) is 24.2. The smallest absolute Gasteiger partial charge is 0.306 e. The van der Waals surface area contributed by atoms with Crippen molar-refractivity contribution in [2.24, 2.45) is 0 Å². The van der Waals surface area contributed by atoms with Gasteiger partial charge in [0.05, 0.1) is 0 Å².